The molecule has 2 unspecified atom stereocenters. The average molecular weight is 472 g/mol. The van der Waals surface area contributed by atoms with E-state index >= 15 is 0 Å². The van der Waals surface area contributed by atoms with Gasteiger partial charge < -0.3 is 14.9 Å². The minimum Gasteiger partial charge on any atom is -0.393 e. The fourth-order valence-corrected chi connectivity index (χ4v) is 8.14. The molecule has 3 aliphatic carbocycles. The van der Waals surface area contributed by atoms with Crippen molar-refractivity contribution in [3.63, 3.8) is 0 Å². The second-order valence-electron chi connectivity index (χ2n) is 12.6. The van der Waals surface area contributed by atoms with Crippen LogP contribution in [0.1, 0.15) is 85.5 Å². The van der Waals surface area contributed by atoms with Gasteiger partial charge in [0.05, 0.1) is 17.8 Å². The first-order valence-electron chi connectivity index (χ1n) is 13.8. The summed E-state index contributed by atoms with van der Waals surface area (Å²) in [5, 5.41) is 20.3. The number of aliphatic hydroxyl groups is 2. The summed E-state index contributed by atoms with van der Waals surface area (Å²) in [5.41, 5.74) is 3.68. The van der Waals surface area contributed by atoms with Crippen molar-refractivity contribution in [3.8, 4) is 0 Å². The Morgan fingerprint density at radius 1 is 1.21 bits per heavy atom. The lowest BCUT2D eigenvalue weighted by Gasteiger charge is -2.46. The van der Waals surface area contributed by atoms with Crippen LogP contribution in [-0.4, -0.2) is 59.2 Å². The Kier molecular flexibility index (Phi) is 7.84. The van der Waals surface area contributed by atoms with E-state index in [1.165, 1.54) is 58.0 Å². The lowest BCUT2D eigenvalue weighted by atomic mass is 9.61. The minimum atomic E-state index is -0.612. The summed E-state index contributed by atoms with van der Waals surface area (Å²) < 4.78 is 5.88. The van der Waals surface area contributed by atoms with E-state index in [0.29, 0.717) is 36.1 Å². The van der Waals surface area contributed by atoms with Crippen LogP contribution < -0.4 is 0 Å². The smallest absolute Gasteiger partial charge is 0.0811 e. The van der Waals surface area contributed by atoms with Crippen molar-refractivity contribution in [1.82, 2.24) is 4.90 Å². The number of ether oxygens (including phenoxy) is 1. The predicted octanol–water partition coefficient (Wildman–Crippen LogP) is 5.65. The molecule has 2 N–H and O–H groups in total. The van der Waals surface area contributed by atoms with Crippen molar-refractivity contribution in [2.24, 2.45) is 23.2 Å². The standard InChI is InChI=1S/C30H49NO3/c1-20(19-31-16-8-10-28(31)29(3,4)34-6)25-13-14-26-22(9-7-15-30(25,26)5)11-12-23-17-24(32)18-27(33)21(23)2/h11-12,20,24-28,32-33H,2,7-10,13-19H2,1,3-6H3/b22-11+,23-12-/t20-,24?,25-,26+,27?,28-,30-/m1/s1. The molecule has 34 heavy (non-hydrogen) atoms. The number of allylic oxidation sites excluding steroid dienone is 3. The average Bonchev–Trinajstić information content (AvgIpc) is 3.39. The van der Waals surface area contributed by atoms with Crippen LogP contribution in [0.4, 0.5) is 0 Å². The zero-order chi connectivity index (χ0) is 24.7. The van der Waals surface area contributed by atoms with Gasteiger partial charge in [0.1, 0.15) is 0 Å². The summed E-state index contributed by atoms with van der Waals surface area (Å²) >= 11 is 0. The molecule has 0 bridgehead atoms. The molecule has 0 amide bonds. The van der Waals surface area contributed by atoms with E-state index in [1.807, 2.05) is 7.11 Å². The molecular formula is C30H49NO3. The Morgan fingerprint density at radius 3 is 2.71 bits per heavy atom. The van der Waals surface area contributed by atoms with E-state index in [4.69, 9.17) is 4.74 Å². The predicted molar refractivity (Wildman–Crippen MR) is 140 cm³/mol. The number of fused-ring (bicyclic) bond motifs is 1. The SMILES string of the molecule is C=C1/C(=C\C=C2/CCC[C@]3(C)[C@@H]([C@H](C)CN4CCC[C@@H]4C(C)(C)OC)CC[C@@H]23)CC(O)CC1O. The van der Waals surface area contributed by atoms with Gasteiger partial charge in [-0.2, -0.15) is 0 Å². The third-order valence-electron chi connectivity index (χ3n) is 10.2. The molecule has 4 heteroatoms. The number of rotatable bonds is 6. The molecule has 0 spiro atoms. The van der Waals surface area contributed by atoms with Crippen LogP contribution in [0, 0.1) is 23.2 Å². The zero-order valence-electron chi connectivity index (χ0n) is 22.4. The highest BCUT2D eigenvalue weighted by Crippen LogP contribution is 2.59. The Bertz CT molecular complexity index is 814. The van der Waals surface area contributed by atoms with E-state index in [0.717, 1.165) is 17.1 Å². The summed E-state index contributed by atoms with van der Waals surface area (Å²) in [4.78, 5) is 2.72. The number of hydrogen-bond acceptors (Lipinski definition) is 4. The van der Waals surface area contributed by atoms with E-state index < -0.39 is 12.2 Å². The number of methoxy groups -OCH3 is 1. The van der Waals surface area contributed by atoms with Crippen molar-refractivity contribution in [1.29, 1.82) is 0 Å². The fraction of sp³-hybridized carbons (Fsp3) is 0.800. The van der Waals surface area contributed by atoms with Gasteiger partial charge in [0, 0.05) is 26.1 Å². The van der Waals surface area contributed by atoms with Crippen molar-refractivity contribution in [2.75, 3.05) is 20.2 Å². The van der Waals surface area contributed by atoms with Crippen LogP contribution >= 0.6 is 0 Å². The Hall–Kier alpha value is -0.940. The maximum atomic E-state index is 10.2. The highest BCUT2D eigenvalue weighted by atomic mass is 16.5. The number of likely N-dealkylation sites (tertiary alicyclic amines) is 1. The maximum absolute atomic E-state index is 10.2. The van der Waals surface area contributed by atoms with Crippen molar-refractivity contribution < 1.29 is 14.9 Å². The van der Waals surface area contributed by atoms with Gasteiger partial charge in [0.2, 0.25) is 0 Å². The first-order chi connectivity index (χ1) is 16.1. The van der Waals surface area contributed by atoms with Crippen LogP contribution in [-0.2, 0) is 4.74 Å². The molecule has 3 saturated carbocycles. The van der Waals surface area contributed by atoms with Crippen LogP contribution in [0.25, 0.3) is 0 Å². The van der Waals surface area contributed by atoms with E-state index in [9.17, 15) is 10.2 Å². The van der Waals surface area contributed by atoms with Crippen LogP contribution in [0.15, 0.2) is 35.5 Å². The van der Waals surface area contributed by atoms with E-state index in [2.05, 4.69) is 51.3 Å². The van der Waals surface area contributed by atoms with Gasteiger partial charge in [-0.3, -0.25) is 4.90 Å². The third kappa shape index (κ3) is 4.98. The Labute approximate surface area is 208 Å². The summed E-state index contributed by atoms with van der Waals surface area (Å²) in [6.45, 7) is 16.1. The normalized spacial score (nSPS) is 40.8. The molecule has 7 atom stereocenters. The van der Waals surface area contributed by atoms with E-state index in [1.54, 1.807) is 5.57 Å². The van der Waals surface area contributed by atoms with Crippen molar-refractivity contribution in [2.45, 2.75) is 109 Å². The summed E-state index contributed by atoms with van der Waals surface area (Å²) in [5.74, 6) is 2.10. The van der Waals surface area contributed by atoms with Gasteiger partial charge in [-0.25, -0.2) is 0 Å². The summed E-state index contributed by atoms with van der Waals surface area (Å²) in [6.07, 6.45) is 13.4. The molecule has 4 nitrogen and oxygen atoms in total. The lowest BCUT2D eigenvalue weighted by molar-refractivity contribution is -0.0469. The van der Waals surface area contributed by atoms with Crippen LogP contribution in [0.2, 0.25) is 0 Å². The number of hydrogen-bond donors (Lipinski definition) is 2. The van der Waals surface area contributed by atoms with Gasteiger partial charge in [-0.1, -0.05) is 38.2 Å². The van der Waals surface area contributed by atoms with E-state index in [-0.39, 0.29) is 5.60 Å². The highest BCUT2D eigenvalue weighted by Gasteiger charge is 2.51. The van der Waals surface area contributed by atoms with Crippen LogP contribution in [0.5, 0.6) is 0 Å². The zero-order valence-corrected chi connectivity index (χ0v) is 22.4. The lowest BCUT2D eigenvalue weighted by Crippen LogP contribution is -2.49. The monoisotopic (exact) mass is 471 g/mol. The molecule has 4 rings (SSSR count). The molecule has 192 valence electrons. The van der Waals surface area contributed by atoms with Crippen LogP contribution in [0.3, 0.4) is 0 Å². The third-order valence-corrected chi connectivity index (χ3v) is 10.2. The fourth-order valence-electron chi connectivity index (χ4n) is 8.14. The molecule has 4 aliphatic rings. The Morgan fingerprint density at radius 2 is 1.97 bits per heavy atom. The molecule has 1 aliphatic heterocycles. The van der Waals surface area contributed by atoms with Crippen molar-refractivity contribution >= 4 is 0 Å². The highest BCUT2D eigenvalue weighted by molar-refractivity contribution is 5.38. The molecule has 0 radical (unpaired) electrons. The number of aliphatic hydroxyl groups excluding tert-OH is 2. The number of nitrogens with zero attached hydrogens (tertiary/aromatic N) is 1. The quantitative estimate of drug-likeness (QED) is 0.525. The second kappa shape index (κ2) is 10.2. The molecule has 0 aromatic heterocycles. The molecule has 0 aromatic carbocycles. The topological polar surface area (TPSA) is 52.9 Å². The summed E-state index contributed by atoms with van der Waals surface area (Å²) in [6, 6.07) is 0.521. The molecule has 0 aromatic rings. The van der Waals surface area contributed by atoms with Gasteiger partial charge >= 0.3 is 0 Å². The van der Waals surface area contributed by atoms with Gasteiger partial charge in [0.25, 0.3) is 0 Å². The van der Waals surface area contributed by atoms with Gasteiger partial charge in [0.15, 0.2) is 0 Å². The first kappa shape index (κ1) is 26.1. The second-order valence-corrected chi connectivity index (χ2v) is 12.6. The molecular weight excluding hydrogens is 422 g/mol. The Balaban J connectivity index is 1.47. The van der Waals surface area contributed by atoms with Crippen molar-refractivity contribution in [3.05, 3.63) is 35.5 Å². The van der Waals surface area contributed by atoms with Gasteiger partial charge in [-0.05, 0) is 106 Å². The largest absolute Gasteiger partial charge is 0.393 e. The first-order valence-corrected chi connectivity index (χ1v) is 13.8. The molecule has 4 fully saturated rings. The molecule has 1 heterocycles. The van der Waals surface area contributed by atoms with Gasteiger partial charge in [-0.15, -0.1) is 0 Å². The maximum Gasteiger partial charge on any atom is 0.0811 e. The summed E-state index contributed by atoms with van der Waals surface area (Å²) in [7, 11) is 1.86. The molecule has 1 saturated heterocycles. The minimum absolute atomic E-state index is 0.0864.